The van der Waals surface area contributed by atoms with Crippen LogP contribution in [0.25, 0.3) is 0 Å². The number of carbonyl (C=O) groups is 1. The number of pyridine rings is 1. The molecule has 104 valence electrons. The fourth-order valence-corrected chi connectivity index (χ4v) is 2.33. The van der Waals surface area contributed by atoms with Crippen molar-refractivity contribution in [2.45, 2.75) is 32.4 Å². The van der Waals surface area contributed by atoms with E-state index in [2.05, 4.69) is 25.7 Å². The largest absolute Gasteiger partial charge is 0.333 e. The van der Waals surface area contributed by atoms with Crippen LogP contribution in [-0.2, 0) is 13.0 Å². The second kappa shape index (κ2) is 5.28. The van der Waals surface area contributed by atoms with Gasteiger partial charge in [-0.1, -0.05) is 0 Å². The van der Waals surface area contributed by atoms with Crippen LogP contribution in [0.4, 0.5) is 10.5 Å². The molecule has 7 heteroatoms. The molecule has 0 saturated heterocycles. The number of urea groups is 1. The molecule has 1 atom stereocenters. The van der Waals surface area contributed by atoms with E-state index in [1.165, 1.54) is 0 Å². The lowest BCUT2D eigenvalue weighted by Gasteiger charge is -2.23. The smallest absolute Gasteiger partial charge is 0.319 e. The van der Waals surface area contributed by atoms with Crippen molar-refractivity contribution in [1.29, 1.82) is 0 Å². The van der Waals surface area contributed by atoms with Gasteiger partial charge in [-0.15, -0.1) is 0 Å². The Morgan fingerprint density at radius 1 is 1.45 bits per heavy atom. The van der Waals surface area contributed by atoms with Gasteiger partial charge in [-0.2, -0.15) is 5.10 Å². The van der Waals surface area contributed by atoms with Gasteiger partial charge in [0.05, 0.1) is 12.6 Å². The zero-order valence-electron chi connectivity index (χ0n) is 11.2. The quantitative estimate of drug-likeness (QED) is 0.858. The summed E-state index contributed by atoms with van der Waals surface area (Å²) in [4.78, 5) is 20.2. The number of hydrogen-bond acceptors (Lipinski definition) is 4. The SMILES string of the molecule is Cc1cc(NC(=O)N[C@@H]2CCc3ncnn3C2)ccn1. The summed E-state index contributed by atoms with van der Waals surface area (Å²) in [6, 6.07) is 3.47. The van der Waals surface area contributed by atoms with Gasteiger partial charge in [0.25, 0.3) is 0 Å². The van der Waals surface area contributed by atoms with Crippen LogP contribution in [0.1, 0.15) is 17.9 Å². The summed E-state index contributed by atoms with van der Waals surface area (Å²) in [6.45, 7) is 2.55. The molecule has 2 aromatic rings. The van der Waals surface area contributed by atoms with Crippen LogP contribution in [0.5, 0.6) is 0 Å². The Morgan fingerprint density at radius 3 is 3.20 bits per heavy atom. The lowest BCUT2D eigenvalue weighted by Crippen LogP contribution is -2.43. The summed E-state index contributed by atoms with van der Waals surface area (Å²) in [5.74, 6) is 0.980. The van der Waals surface area contributed by atoms with Crippen molar-refractivity contribution in [1.82, 2.24) is 25.1 Å². The molecule has 1 aliphatic rings. The number of aromatic nitrogens is 4. The number of rotatable bonds is 2. The molecule has 0 bridgehead atoms. The number of anilines is 1. The van der Waals surface area contributed by atoms with Crippen molar-refractivity contribution < 1.29 is 4.79 Å². The monoisotopic (exact) mass is 272 g/mol. The van der Waals surface area contributed by atoms with E-state index in [1.807, 2.05) is 17.7 Å². The summed E-state index contributed by atoms with van der Waals surface area (Å²) in [7, 11) is 0. The Hall–Kier alpha value is -2.44. The van der Waals surface area contributed by atoms with Crippen molar-refractivity contribution in [2.24, 2.45) is 0 Å². The molecule has 0 fully saturated rings. The molecule has 1 aliphatic heterocycles. The second-order valence-electron chi connectivity index (χ2n) is 4.88. The van der Waals surface area contributed by atoms with Crippen molar-refractivity contribution in [3.05, 3.63) is 36.2 Å². The predicted molar refractivity (Wildman–Crippen MR) is 73.3 cm³/mol. The van der Waals surface area contributed by atoms with E-state index in [0.29, 0.717) is 6.54 Å². The van der Waals surface area contributed by atoms with E-state index >= 15 is 0 Å². The predicted octanol–water partition coefficient (Wildman–Crippen LogP) is 1.12. The Morgan fingerprint density at radius 2 is 2.35 bits per heavy atom. The fraction of sp³-hybridized carbons (Fsp3) is 0.385. The summed E-state index contributed by atoms with van der Waals surface area (Å²) in [5.41, 5.74) is 1.61. The molecular weight excluding hydrogens is 256 g/mol. The molecule has 3 rings (SSSR count). The summed E-state index contributed by atoms with van der Waals surface area (Å²) < 4.78 is 1.84. The zero-order valence-corrected chi connectivity index (χ0v) is 11.2. The first kappa shape index (κ1) is 12.6. The Bertz CT molecular complexity index is 623. The number of carbonyl (C=O) groups excluding carboxylic acids is 1. The van der Waals surface area contributed by atoms with Gasteiger partial charge in [0.2, 0.25) is 0 Å². The van der Waals surface area contributed by atoms with Crippen LogP contribution in [0.2, 0.25) is 0 Å². The summed E-state index contributed by atoms with van der Waals surface area (Å²) in [6.07, 6.45) is 4.94. The number of aryl methyl sites for hydroxylation is 2. The molecule has 0 aliphatic carbocycles. The highest BCUT2D eigenvalue weighted by Crippen LogP contribution is 2.12. The van der Waals surface area contributed by atoms with Gasteiger partial charge in [-0.25, -0.2) is 14.5 Å². The molecular formula is C13H16N6O. The third-order valence-corrected chi connectivity index (χ3v) is 3.30. The first-order chi connectivity index (χ1) is 9.70. The number of hydrogen-bond donors (Lipinski definition) is 2. The molecule has 7 nitrogen and oxygen atoms in total. The number of amides is 2. The van der Waals surface area contributed by atoms with Crippen LogP contribution in [-0.4, -0.2) is 31.8 Å². The van der Waals surface area contributed by atoms with Crippen LogP contribution in [0, 0.1) is 6.92 Å². The minimum absolute atomic E-state index is 0.0761. The third-order valence-electron chi connectivity index (χ3n) is 3.30. The van der Waals surface area contributed by atoms with E-state index in [-0.39, 0.29) is 12.1 Å². The number of nitrogens with one attached hydrogen (secondary N) is 2. The molecule has 2 N–H and O–H groups in total. The maximum Gasteiger partial charge on any atom is 0.319 e. The molecule has 0 spiro atoms. The maximum atomic E-state index is 12.0. The van der Waals surface area contributed by atoms with E-state index in [0.717, 1.165) is 30.0 Å². The molecule has 3 heterocycles. The Labute approximate surface area is 116 Å². The van der Waals surface area contributed by atoms with E-state index in [1.54, 1.807) is 18.6 Å². The van der Waals surface area contributed by atoms with Gasteiger partial charge in [0.1, 0.15) is 12.2 Å². The van der Waals surface area contributed by atoms with E-state index < -0.39 is 0 Å². The highest BCUT2D eigenvalue weighted by atomic mass is 16.2. The van der Waals surface area contributed by atoms with Crippen molar-refractivity contribution in [3.8, 4) is 0 Å². The van der Waals surface area contributed by atoms with Crippen LogP contribution in [0.3, 0.4) is 0 Å². The standard InChI is InChI=1S/C13H16N6O/c1-9-6-10(4-5-14-9)17-13(20)18-11-2-3-12-15-8-16-19(12)7-11/h4-6,8,11H,2-3,7H2,1H3,(H2,14,17,18,20)/t11-/m1/s1. The fourth-order valence-electron chi connectivity index (χ4n) is 2.33. The van der Waals surface area contributed by atoms with Gasteiger partial charge >= 0.3 is 6.03 Å². The highest BCUT2D eigenvalue weighted by molar-refractivity contribution is 5.89. The topological polar surface area (TPSA) is 84.7 Å². The van der Waals surface area contributed by atoms with Crippen LogP contribution >= 0.6 is 0 Å². The normalized spacial score (nSPS) is 17.4. The molecule has 0 saturated carbocycles. The number of fused-ring (bicyclic) bond motifs is 1. The molecule has 2 amide bonds. The second-order valence-corrected chi connectivity index (χ2v) is 4.88. The third kappa shape index (κ3) is 2.76. The zero-order chi connectivity index (χ0) is 13.9. The minimum atomic E-state index is -0.204. The highest BCUT2D eigenvalue weighted by Gasteiger charge is 2.21. The summed E-state index contributed by atoms with van der Waals surface area (Å²) in [5, 5.41) is 9.91. The van der Waals surface area contributed by atoms with Gasteiger partial charge in [0.15, 0.2) is 0 Å². The first-order valence-electron chi connectivity index (χ1n) is 6.57. The Kier molecular flexibility index (Phi) is 3.32. The first-order valence-corrected chi connectivity index (χ1v) is 6.57. The molecule has 2 aromatic heterocycles. The van der Waals surface area contributed by atoms with Crippen molar-refractivity contribution >= 4 is 11.7 Å². The van der Waals surface area contributed by atoms with Gasteiger partial charge < -0.3 is 10.6 Å². The molecule has 0 aromatic carbocycles. The summed E-state index contributed by atoms with van der Waals surface area (Å²) >= 11 is 0. The van der Waals surface area contributed by atoms with E-state index in [9.17, 15) is 4.79 Å². The average Bonchev–Trinajstić information content (AvgIpc) is 2.86. The lowest BCUT2D eigenvalue weighted by molar-refractivity contribution is 0.243. The van der Waals surface area contributed by atoms with Crippen LogP contribution in [0.15, 0.2) is 24.7 Å². The van der Waals surface area contributed by atoms with Gasteiger partial charge in [-0.05, 0) is 25.5 Å². The molecule has 0 unspecified atom stereocenters. The Balaban J connectivity index is 1.57. The van der Waals surface area contributed by atoms with Gasteiger partial charge in [-0.3, -0.25) is 4.98 Å². The van der Waals surface area contributed by atoms with Gasteiger partial charge in [0, 0.05) is 24.0 Å². The number of nitrogens with zero attached hydrogens (tertiary/aromatic N) is 4. The van der Waals surface area contributed by atoms with Crippen molar-refractivity contribution in [2.75, 3.05) is 5.32 Å². The average molecular weight is 272 g/mol. The minimum Gasteiger partial charge on any atom is -0.333 e. The van der Waals surface area contributed by atoms with E-state index in [4.69, 9.17) is 0 Å². The van der Waals surface area contributed by atoms with Crippen LogP contribution < -0.4 is 10.6 Å². The molecule has 0 radical (unpaired) electrons. The maximum absolute atomic E-state index is 12.0. The lowest BCUT2D eigenvalue weighted by atomic mass is 10.1. The molecule has 20 heavy (non-hydrogen) atoms. The van der Waals surface area contributed by atoms with Crippen molar-refractivity contribution in [3.63, 3.8) is 0 Å².